The van der Waals surface area contributed by atoms with Gasteiger partial charge in [-0.3, -0.25) is 4.68 Å². The first kappa shape index (κ1) is 16.6. The standard InChI is InChI=1S/C15H14F3N5S/c1-22-13(20-21-14(22)24-2)11-7-19-23(9-11)8-10-4-3-5-12(6-10)15(16,17)18/h3-7,9H,8H2,1-2H3. The number of hydrogen-bond acceptors (Lipinski definition) is 4. The van der Waals surface area contributed by atoms with Gasteiger partial charge in [0.1, 0.15) is 0 Å². The number of hydrogen-bond donors (Lipinski definition) is 0. The molecule has 0 aliphatic rings. The molecule has 0 amide bonds. The molecule has 0 fully saturated rings. The quantitative estimate of drug-likeness (QED) is 0.674. The number of halogens is 3. The summed E-state index contributed by atoms with van der Waals surface area (Å²) in [4.78, 5) is 0. The molecule has 3 rings (SSSR count). The molecule has 0 N–H and O–H groups in total. The maximum Gasteiger partial charge on any atom is 0.416 e. The normalized spacial score (nSPS) is 11.9. The molecule has 0 bridgehead atoms. The number of thioether (sulfide) groups is 1. The first-order chi connectivity index (χ1) is 11.4. The highest BCUT2D eigenvalue weighted by Gasteiger charge is 2.30. The third kappa shape index (κ3) is 3.30. The Morgan fingerprint density at radius 2 is 2.00 bits per heavy atom. The minimum absolute atomic E-state index is 0.247. The van der Waals surface area contributed by atoms with Crippen LogP contribution < -0.4 is 0 Å². The Morgan fingerprint density at radius 1 is 1.21 bits per heavy atom. The molecular weight excluding hydrogens is 339 g/mol. The number of rotatable bonds is 4. The van der Waals surface area contributed by atoms with E-state index in [2.05, 4.69) is 15.3 Å². The fourth-order valence-electron chi connectivity index (χ4n) is 2.34. The van der Waals surface area contributed by atoms with Gasteiger partial charge < -0.3 is 4.57 Å². The van der Waals surface area contributed by atoms with E-state index in [0.717, 1.165) is 22.9 Å². The van der Waals surface area contributed by atoms with E-state index in [0.29, 0.717) is 11.4 Å². The van der Waals surface area contributed by atoms with E-state index >= 15 is 0 Å². The Kier molecular flexibility index (Phi) is 4.35. The van der Waals surface area contributed by atoms with Crippen LogP contribution in [0.1, 0.15) is 11.1 Å². The van der Waals surface area contributed by atoms with Crippen LogP contribution in [0.3, 0.4) is 0 Å². The van der Waals surface area contributed by atoms with Crippen LogP contribution in [0.5, 0.6) is 0 Å². The zero-order chi connectivity index (χ0) is 17.3. The lowest BCUT2D eigenvalue weighted by molar-refractivity contribution is -0.137. The molecular formula is C15H14F3N5S. The van der Waals surface area contributed by atoms with Gasteiger partial charge in [-0.1, -0.05) is 23.9 Å². The summed E-state index contributed by atoms with van der Waals surface area (Å²) in [6.07, 6.45) is 0.930. The fraction of sp³-hybridized carbons (Fsp3) is 0.267. The summed E-state index contributed by atoms with van der Waals surface area (Å²) in [5.74, 6) is 0.662. The zero-order valence-corrected chi connectivity index (χ0v) is 13.8. The van der Waals surface area contributed by atoms with Crippen molar-refractivity contribution in [2.24, 2.45) is 7.05 Å². The minimum atomic E-state index is -4.35. The van der Waals surface area contributed by atoms with E-state index in [4.69, 9.17) is 0 Å². The van der Waals surface area contributed by atoms with Crippen LogP contribution in [-0.4, -0.2) is 30.8 Å². The molecule has 5 nitrogen and oxygen atoms in total. The molecule has 2 heterocycles. The topological polar surface area (TPSA) is 48.5 Å². The molecule has 0 spiro atoms. The third-order valence-electron chi connectivity index (χ3n) is 3.51. The van der Waals surface area contributed by atoms with Crippen molar-refractivity contribution < 1.29 is 13.2 Å². The zero-order valence-electron chi connectivity index (χ0n) is 12.9. The van der Waals surface area contributed by atoms with Crippen LogP contribution in [0.2, 0.25) is 0 Å². The van der Waals surface area contributed by atoms with Gasteiger partial charge in [0, 0.05) is 13.2 Å². The van der Waals surface area contributed by atoms with E-state index in [1.54, 1.807) is 23.1 Å². The van der Waals surface area contributed by atoms with E-state index < -0.39 is 11.7 Å². The lowest BCUT2D eigenvalue weighted by Crippen LogP contribution is -2.07. The second-order valence-corrected chi connectivity index (χ2v) is 5.97. The van der Waals surface area contributed by atoms with Crippen LogP contribution >= 0.6 is 11.8 Å². The van der Waals surface area contributed by atoms with Crippen molar-refractivity contribution in [2.75, 3.05) is 6.26 Å². The average molecular weight is 353 g/mol. The maximum absolute atomic E-state index is 12.8. The second kappa shape index (κ2) is 6.31. The van der Waals surface area contributed by atoms with Gasteiger partial charge in [-0.2, -0.15) is 18.3 Å². The molecule has 0 aliphatic carbocycles. The molecule has 0 atom stereocenters. The van der Waals surface area contributed by atoms with Crippen molar-refractivity contribution in [3.8, 4) is 11.4 Å². The minimum Gasteiger partial charge on any atom is -0.305 e. The van der Waals surface area contributed by atoms with Gasteiger partial charge in [0.15, 0.2) is 11.0 Å². The summed E-state index contributed by atoms with van der Waals surface area (Å²) in [7, 11) is 1.85. The summed E-state index contributed by atoms with van der Waals surface area (Å²) in [6.45, 7) is 0.247. The molecule has 1 aromatic carbocycles. The Hall–Kier alpha value is -2.29. The largest absolute Gasteiger partial charge is 0.416 e. The van der Waals surface area contributed by atoms with Crippen LogP contribution in [0.4, 0.5) is 13.2 Å². The predicted octanol–water partition coefficient (Wildman–Crippen LogP) is 3.47. The number of nitrogens with zero attached hydrogens (tertiary/aromatic N) is 5. The molecule has 0 saturated heterocycles. The Labute approximate surface area is 140 Å². The number of benzene rings is 1. The summed E-state index contributed by atoms with van der Waals surface area (Å²) in [6, 6.07) is 5.23. The van der Waals surface area contributed by atoms with Gasteiger partial charge in [-0.25, -0.2) is 0 Å². The van der Waals surface area contributed by atoms with Gasteiger partial charge >= 0.3 is 6.18 Å². The molecule has 9 heteroatoms. The Morgan fingerprint density at radius 3 is 2.67 bits per heavy atom. The fourth-order valence-corrected chi connectivity index (χ4v) is 2.83. The molecule has 126 valence electrons. The van der Waals surface area contributed by atoms with Crippen molar-refractivity contribution in [3.05, 3.63) is 47.8 Å². The summed E-state index contributed by atoms with van der Waals surface area (Å²) in [5.41, 5.74) is 0.629. The van der Waals surface area contributed by atoms with Crippen LogP contribution in [0, 0.1) is 0 Å². The predicted molar refractivity (Wildman–Crippen MR) is 84.6 cm³/mol. The molecule has 0 aliphatic heterocycles. The third-order valence-corrected chi connectivity index (χ3v) is 4.23. The summed E-state index contributed by atoms with van der Waals surface area (Å²) < 4.78 is 41.7. The molecule has 0 unspecified atom stereocenters. The maximum atomic E-state index is 12.8. The van der Waals surface area contributed by atoms with E-state index in [1.807, 2.05) is 17.9 Å². The smallest absolute Gasteiger partial charge is 0.305 e. The van der Waals surface area contributed by atoms with E-state index in [1.165, 1.54) is 17.8 Å². The van der Waals surface area contributed by atoms with Gasteiger partial charge in [0.25, 0.3) is 0 Å². The van der Waals surface area contributed by atoms with E-state index in [9.17, 15) is 13.2 Å². The monoisotopic (exact) mass is 353 g/mol. The van der Waals surface area contributed by atoms with Gasteiger partial charge in [-0.15, -0.1) is 10.2 Å². The molecule has 0 radical (unpaired) electrons. The molecule has 24 heavy (non-hydrogen) atoms. The summed E-state index contributed by atoms with van der Waals surface area (Å²) >= 11 is 1.48. The van der Waals surface area contributed by atoms with E-state index in [-0.39, 0.29) is 6.54 Å². The van der Waals surface area contributed by atoms with Crippen molar-refractivity contribution in [3.63, 3.8) is 0 Å². The van der Waals surface area contributed by atoms with Crippen LogP contribution in [0.15, 0.2) is 41.8 Å². The Bertz CT molecular complexity index is 853. The first-order valence-corrected chi connectivity index (χ1v) is 8.23. The highest BCUT2D eigenvalue weighted by atomic mass is 32.2. The van der Waals surface area contributed by atoms with Crippen molar-refractivity contribution in [1.29, 1.82) is 0 Å². The van der Waals surface area contributed by atoms with Gasteiger partial charge in [0.2, 0.25) is 0 Å². The number of alkyl halides is 3. The SMILES string of the molecule is CSc1nnc(-c2cnn(Cc3cccc(C(F)(F)F)c3)c2)n1C. The lowest BCUT2D eigenvalue weighted by Gasteiger charge is -2.08. The highest BCUT2D eigenvalue weighted by molar-refractivity contribution is 7.98. The van der Waals surface area contributed by atoms with Crippen molar-refractivity contribution in [1.82, 2.24) is 24.5 Å². The molecule has 2 aromatic heterocycles. The van der Waals surface area contributed by atoms with Gasteiger partial charge in [-0.05, 0) is 24.0 Å². The van der Waals surface area contributed by atoms with Crippen LogP contribution in [-0.2, 0) is 19.8 Å². The summed E-state index contributed by atoms with van der Waals surface area (Å²) in [5, 5.41) is 13.1. The molecule has 3 aromatic rings. The van der Waals surface area contributed by atoms with Crippen LogP contribution in [0.25, 0.3) is 11.4 Å². The molecule has 0 saturated carbocycles. The second-order valence-electron chi connectivity index (χ2n) is 5.19. The first-order valence-electron chi connectivity index (χ1n) is 7.01. The lowest BCUT2D eigenvalue weighted by atomic mass is 10.1. The average Bonchev–Trinajstić information content (AvgIpc) is 3.13. The number of aromatic nitrogens is 5. The highest BCUT2D eigenvalue weighted by Crippen LogP contribution is 2.29. The van der Waals surface area contributed by atoms with Crippen molar-refractivity contribution in [2.45, 2.75) is 17.9 Å². The Balaban J connectivity index is 1.83. The van der Waals surface area contributed by atoms with Crippen molar-refractivity contribution >= 4 is 11.8 Å². The van der Waals surface area contributed by atoms with Gasteiger partial charge in [0.05, 0.1) is 23.9 Å².